The molecule has 1 fully saturated rings. The van der Waals surface area contributed by atoms with Gasteiger partial charge < -0.3 is 9.47 Å². The molecule has 30 heavy (non-hydrogen) atoms. The lowest BCUT2D eigenvalue weighted by Crippen LogP contribution is -2.36. The monoisotopic (exact) mass is 398 g/mol. The van der Waals surface area contributed by atoms with Crippen LogP contribution in [0.1, 0.15) is 66.2 Å². The molecule has 4 atom stereocenters. The van der Waals surface area contributed by atoms with E-state index in [9.17, 15) is 0 Å². The summed E-state index contributed by atoms with van der Waals surface area (Å²) in [6.45, 7) is 2.15. The zero-order chi connectivity index (χ0) is 20.3. The van der Waals surface area contributed by atoms with E-state index in [4.69, 9.17) is 9.47 Å². The maximum Gasteiger partial charge on any atom is 0.201 e. The molecule has 1 saturated carbocycles. The van der Waals surface area contributed by atoms with Gasteiger partial charge in [-0.1, -0.05) is 91.2 Å². The van der Waals surface area contributed by atoms with Crippen molar-refractivity contribution in [2.75, 3.05) is 0 Å². The van der Waals surface area contributed by atoms with Crippen LogP contribution < -0.4 is 4.74 Å². The number of aryl methyl sites for hydroxylation is 1. The Hall–Kier alpha value is -2.58. The molecule has 0 amide bonds. The predicted octanol–water partition coefficient (Wildman–Crippen LogP) is 6.98. The molecule has 0 aromatic heterocycles. The Morgan fingerprint density at radius 2 is 1.50 bits per heavy atom. The second-order valence-corrected chi connectivity index (χ2v) is 8.76. The molecule has 0 bridgehead atoms. The van der Waals surface area contributed by atoms with Gasteiger partial charge in [-0.25, -0.2) is 0 Å². The first kappa shape index (κ1) is 19.4. The summed E-state index contributed by atoms with van der Waals surface area (Å²) in [6.07, 6.45) is 5.68. The highest BCUT2D eigenvalue weighted by atomic mass is 16.7. The highest BCUT2D eigenvalue weighted by molar-refractivity contribution is 5.45. The lowest BCUT2D eigenvalue weighted by Gasteiger charge is -2.38. The second-order valence-electron chi connectivity index (χ2n) is 8.76. The molecule has 0 N–H and O–H groups in total. The molecule has 154 valence electrons. The third kappa shape index (κ3) is 4.02. The maximum absolute atomic E-state index is 6.72. The van der Waals surface area contributed by atoms with Crippen LogP contribution in [0.5, 0.6) is 5.75 Å². The second kappa shape index (κ2) is 8.65. The average Bonchev–Trinajstić information content (AvgIpc) is 2.80. The van der Waals surface area contributed by atoms with Crippen LogP contribution in [0.2, 0.25) is 0 Å². The lowest BCUT2D eigenvalue weighted by atomic mass is 9.81. The summed E-state index contributed by atoms with van der Waals surface area (Å²) in [5.74, 6) is 1.73. The van der Waals surface area contributed by atoms with Gasteiger partial charge in [-0.3, -0.25) is 0 Å². The summed E-state index contributed by atoms with van der Waals surface area (Å²) in [5.41, 5.74) is 5.29. The van der Waals surface area contributed by atoms with Crippen LogP contribution in [0.4, 0.5) is 0 Å². The molecule has 2 aliphatic rings. The van der Waals surface area contributed by atoms with E-state index in [1.54, 1.807) is 0 Å². The summed E-state index contributed by atoms with van der Waals surface area (Å²) in [4.78, 5) is 0. The Balaban J connectivity index is 1.41. The van der Waals surface area contributed by atoms with E-state index in [-0.39, 0.29) is 12.4 Å². The van der Waals surface area contributed by atoms with Crippen molar-refractivity contribution < 1.29 is 9.47 Å². The molecule has 1 aliphatic heterocycles. The number of rotatable bonds is 4. The van der Waals surface area contributed by atoms with Gasteiger partial charge in [0.05, 0.1) is 6.10 Å². The van der Waals surface area contributed by atoms with Gasteiger partial charge in [0.25, 0.3) is 0 Å². The van der Waals surface area contributed by atoms with E-state index in [2.05, 4.69) is 85.8 Å². The lowest BCUT2D eigenvalue weighted by molar-refractivity contribution is -0.144. The first-order valence-corrected chi connectivity index (χ1v) is 11.3. The first-order chi connectivity index (χ1) is 14.8. The molecule has 1 heterocycles. The highest BCUT2D eigenvalue weighted by Gasteiger charge is 2.35. The van der Waals surface area contributed by atoms with Crippen molar-refractivity contribution in [3.63, 3.8) is 0 Å². The standard InChI is InChI=1S/C28H30O2/c1-20-16-17-27-25(18-20)24(22-12-6-3-7-13-22)19-28(30-27)29-26-15-9-8-14-23(26)21-10-4-2-5-11-21/h2-7,10-13,16-18,23-24,26,28H,8-9,14-15,19H2,1H3/t23-,24+,26+,28-/m0/s1. The average molecular weight is 399 g/mol. The minimum atomic E-state index is -0.209. The molecule has 0 spiro atoms. The van der Waals surface area contributed by atoms with Gasteiger partial charge in [-0.15, -0.1) is 0 Å². The minimum absolute atomic E-state index is 0.209. The fraction of sp³-hybridized carbons (Fsp3) is 0.357. The zero-order valence-corrected chi connectivity index (χ0v) is 17.7. The summed E-state index contributed by atoms with van der Waals surface area (Å²) in [5, 5.41) is 0. The number of fused-ring (bicyclic) bond motifs is 1. The molecule has 0 radical (unpaired) electrons. The Morgan fingerprint density at radius 3 is 2.27 bits per heavy atom. The third-order valence-corrected chi connectivity index (χ3v) is 6.69. The summed E-state index contributed by atoms with van der Waals surface area (Å²) >= 11 is 0. The molecule has 3 aromatic rings. The van der Waals surface area contributed by atoms with Crippen LogP contribution >= 0.6 is 0 Å². The molecule has 3 aromatic carbocycles. The number of ether oxygens (including phenoxy) is 2. The Bertz CT molecular complexity index is 966. The van der Waals surface area contributed by atoms with Gasteiger partial charge in [0.15, 0.2) is 0 Å². The van der Waals surface area contributed by atoms with Crippen molar-refractivity contribution in [3.8, 4) is 5.75 Å². The van der Waals surface area contributed by atoms with Crippen molar-refractivity contribution in [3.05, 3.63) is 101 Å². The maximum atomic E-state index is 6.72. The number of hydrogen-bond acceptors (Lipinski definition) is 2. The first-order valence-electron chi connectivity index (χ1n) is 11.3. The molecular formula is C28H30O2. The van der Waals surface area contributed by atoms with Crippen LogP contribution in [0.15, 0.2) is 78.9 Å². The van der Waals surface area contributed by atoms with Crippen molar-refractivity contribution in [1.82, 2.24) is 0 Å². The van der Waals surface area contributed by atoms with Gasteiger partial charge in [0, 0.05) is 23.8 Å². The van der Waals surface area contributed by atoms with Crippen LogP contribution in [0, 0.1) is 6.92 Å². The van der Waals surface area contributed by atoms with Gasteiger partial charge >= 0.3 is 0 Å². The van der Waals surface area contributed by atoms with Gasteiger partial charge in [-0.2, -0.15) is 0 Å². The van der Waals surface area contributed by atoms with E-state index in [1.807, 2.05) is 0 Å². The fourth-order valence-electron chi connectivity index (χ4n) is 5.18. The largest absolute Gasteiger partial charge is 0.465 e. The van der Waals surface area contributed by atoms with Crippen molar-refractivity contribution in [2.24, 2.45) is 0 Å². The van der Waals surface area contributed by atoms with Crippen LogP contribution in [-0.2, 0) is 4.74 Å². The molecule has 0 unspecified atom stereocenters. The van der Waals surface area contributed by atoms with E-state index in [0.717, 1.165) is 18.6 Å². The van der Waals surface area contributed by atoms with E-state index >= 15 is 0 Å². The Kier molecular flexibility index (Phi) is 5.59. The molecule has 2 nitrogen and oxygen atoms in total. The quantitative estimate of drug-likeness (QED) is 0.472. The minimum Gasteiger partial charge on any atom is -0.465 e. The number of hydrogen-bond donors (Lipinski definition) is 0. The predicted molar refractivity (Wildman–Crippen MR) is 121 cm³/mol. The summed E-state index contributed by atoms with van der Waals surface area (Å²) < 4.78 is 13.1. The fourth-order valence-corrected chi connectivity index (χ4v) is 5.18. The third-order valence-electron chi connectivity index (χ3n) is 6.69. The zero-order valence-electron chi connectivity index (χ0n) is 17.7. The van der Waals surface area contributed by atoms with E-state index < -0.39 is 0 Å². The van der Waals surface area contributed by atoms with Crippen LogP contribution in [0.25, 0.3) is 0 Å². The van der Waals surface area contributed by atoms with Crippen LogP contribution in [-0.4, -0.2) is 12.4 Å². The molecule has 5 rings (SSSR count). The topological polar surface area (TPSA) is 18.5 Å². The molecular weight excluding hydrogens is 368 g/mol. The normalized spacial score (nSPS) is 25.9. The smallest absolute Gasteiger partial charge is 0.201 e. The van der Waals surface area contributed by atoms with E-state index in [1.165, 1.54) is 41.5 Å². The Labute approximate surface area is 179 Å². The van der Waals surface area contributed by atoms with Crippen molar-refractivity contribution in [2.45, 2.75) is 63.3 Å². The van der Waals surface area contributed by atoms with Gasteiger partial charge in [-0.05, 0) is 37.0 Å². The molecule has 1 aliphatic carbocycles. The summed E-state index contributed by atoms with van der Waals surface area (Å²) in [7, 11) is 0. The Morgan fingerprint density at radius 1 is 0.800 bits per heavy atom. The van der Waals surface area contributed by atoms with Crippen molar-refractivity contribution in [1.29, 1.82) is 0 Å². The highest BCUT2D eigenvalue weighted by Crippen LogP contribution is 2.43. The van der Waals surface area contributed by atoms with Gasteiger partial charge in [0.2, 0.25) is 6.29 Å². The van der Waals surface area contributed by atoms with Crippen LogP contribution in [0.3, 0.4) is 0 Å². The summed E-state index contributed by atoms with van der Waals surface area (Å²) in [6, 6.07) is 28.2. The molecule has 2 heteroatoms. The van der Waals surface area contributed by atoms with Gasteiger partial charge in [0.1, 0.15) is 5.75 Å². The SMILES string of the molecule is Cc1ccc2c(c1)[C@@H](c1ccccc1)C[C@@H](O[C@@H]1CCCC[C@H]1c1ccccc1)O2. The number of benzene rings is 3. The van der Waals surface area contributed by atoms with E-state index in [0.29, 0.717) is 11.8 Å². The molecule has 0 saturated heterocycles. The van der Waals surface area contributed by atoms with Crippen molar-refractivity contribution >= 4 is 0 Å².